The number of nitrogens with one attached hydrogen (secondary N) is 1. The average Bonchev–Trinajstić information content (AvgIpc) is 3.22. The van der Waals surface area contributed by atoms with Gasteiger partial charge in [0.05, 0.1) is 11.3 Å². The van der Waals surface area contributed by atoms with E-state index in [4.69, 9.17) is 39.6 Å². The van der Waals surface area contributed by atoms with Crippen molar-refractivity contribution in [3.05, 3.63) is 92.2 Å². The smallest absolute Gasteiger partial charge is 0.374 e. The molecule has 176 valence electrons. The number of aromatic nitrogens is 1. The van der Waals surface area contributed by atoms with Gasteiger partial charge in [0.2, 0.25) is 0 Å². The van der Waals surface area contributed by atoms with Crippen LogP contribution in [0.15, 0.2) is 59.9 Å². The van der Waals surface area contributed by atoms with Crippen LogP contribution in [-0.4, -0.2) is 22.8 Å². The summed E-state index contributed by atoms with van der Waals surface area (Å²) < 4.78 is 42.7. The number of carbonyl (C=O) groups excluding carboxylic acids is 1. The maximum atomic E-state index is 14.2. The third-order valence-electron chi connectivity index (χ3n) is 5.32. The second kappa shape index (κ2) is 9.09. The lowest BCUT2D eigenvalue weighted by Gasteiger charge is -2.29. The number of oxime groups is 1. The first-order valence-corrected chi connectivity index (χ1v) is 10.9. The zero-order chi connectivity index (χ0) is 24.7. The molecule has 1 aliphatic heterocycles. The van der Waals surface area contributed by atoms with E-state index < -0.39 is 24.1 Å². The van der Waals surface area contributed by atoms with Gasteiger partial charge < -0.3 is 10.2 Å². The first-order chi connectivity index (χ1) is 16.0. The Morgan fingerprint density at radius 2 is 1.76 bits per heavy atom. The highest BCUT2D eigenvalue weighted by Gasteiger charge is 2.62. The number of rotatable bonds is 4. The first-order valence-electron chi connectivity index (χ1n) is 9.81. The number of hydrogen-bond donors (Lipinski definition) is 1. The number of hydrogen-bond acceptors (Lipinski definition) is 4. The molecule has 0 fully saturated rings. The number of carbonyl (C=O) groups is 1. The van der Waals surface area contributed by atoms with E-state index in [1.807, 2.05) is 0 Å². The topological polar surface area (TPSA) is 63.6 Å². The molecule has 2 heterocycles. The number of benzene rings is 2. The Hall–Kier alpha value is -2.81. The molecule has 1 atom stereocenters. The van der Waals surface area contributed by atoms with Gasteiger partial charge in [-0.1, -0.05) is 52.1 Å². The minimum Gasteiger partial charge on any atom is -0.374 e. The Balaban J connectivity index is 1.64. The summed E-state index contributed by atoms with van der Waals surface area (Å²) in [5.41, 5.74) is -1.24. The molecule has 0 spiro atoms. The van der Waals surface area contributed by atoms with Crippen LogP contribution in [0, 0.1) is 6.92 Å². The monoisotopic (exact) mass is 527 g/mol. The maximum Gasteiger partial charge on any atom is 0.435 e. The van der Waals surface area contributed by atoms with Gasteiger partial charge in [-0.25, -0.2) is 4.98 Å². The molecule has 0 aliphatic carbocycles. The number of alkyl halides is 3. The SMILES string of the molecule is Cc1ccc(C2=NOC(c3cc(Cl)cc(Cl)c3)(C(F)(F)F)C2)cc1NC(=O)c1ccc(Cl)nc1. The number of pyridine rings is 1. The predicted molar refractivity (Wildman–Crippen MR) is 125 cm³/mol. The standard InChI is InChI=1S/C23H15Cl3F3N3O2/c1-12-2-3-13(6-18(12)31-21(33)14-4-5-20(26)30-11-14)19-10-22(34-32-19,23(27,28)29)15-7-16(24)9-17(25)8-15/h2-9,11H,10H2,1H3,(H,31,33). The van der Waals surface area contributed by atoms with E-state index in [1.54, 1.807) is 19.1 Å². The molecule has 0 radical (unpaired) electrons. The zero-order valence-electron chi connectivity index (χ0n) is 17.4. The van der Waals surface area contributed by atoms with Crippen LogP contribution in [0.4, 0.5) is 18.9 Å². The zero-order valence-corrected chi connectivity index (χ0v) is 19.6. The number of aryl methyl sites for hydroxylation is 1. The molecular weight excluding hydrogens is 514 g/mol. The van der Waals surface area contributed by atoms with Crippen molar-refractivity contribution >= 4 is 52.1 Å². The van der Waals surface area contributed by atoms with Gasteiger partial charge in [-0.15, -0.1) is 0 Å². The van der Waals surface area contributed by atoms with E-state index in [0.29, 0.717) is 16.8 Å². The summed E-state index contributed by atoms with van der Waals surface area (Å²) in [4.78, 5) is 21.5. The summed E-state index contributed by atoms with van der Waals surface area (Å²) >= 11 is 17.6. The number of nitrogens with zero attached hydrogens (tertiary/aromatic N) is 2. The molecule has 34 heavy (non-hydrogen) atoms. The van der Waals surface area contributed by atoms with Gasteiger partial charge in [0.1, 0.15) is 5.15 Å². The van der Waals surface area contributed by atoms with Crippen LogP contribution in [0.1, 0.15) is 33.5 Å². The number of anilines is 1. The summed E-state index contributed by atoms with van der Waals surface area (Å²) in [6.07, 6.45) is -4.10. The summed E-state index contributed by atoms with van der Waals surface area (Å²) in [6.45, 7) is 1.75. The number of halogens is 6. The fourth-order valence-corrected chi connectivity index (χ4v) is 4.12. The van der Waals surface area contributed by atoms with Crippen LogP contribution in [0.2, 0.25) is 15.2 Å². The summed E-state index contributed by atoms with van der Waals surface area (Å²) in [5.74, 6) is -0.452. The Labute approximate surface area is 207 Å². The quantitative estimate of drug-likeness (QED) is 0.365. The van der Waals surface area contributed by atoms with Gasteiger partial charge in [0.25, 0.3) is 11.5 Å². The number of amides is 1. The Kier molecular flexibility index (Phi) is 6.50. The fourth-order valence-electron chi connectivity index (χ4n) is 3.49. The molecule has 1 aliphatic rings. The Morgan fingerprint density at radius 3 is 2.38 bits per heavy atom. The highest BCUT2D eigenvalue weighted by atomic mass is 35.5. The van der Waals surface area contributed by atoms with Crippen molar-refractivity contribution in [2.24, 2.45) is 5.16 Å². The van der Waals surface area contributed by atoms with Crippen LogP contribution in [0.3, 0.4) is 0 Å². The molecule has 0 saturated carbocycles. The van der Waals surface area contributed by atoms with Crippen molar-refractivity contribution in [2.75, 3.05) is 5.32 Å². The van der Waals surface area contributed by atoms with Crippen LogP contribution in [0.25, 0.3) is 0 Å². The lowest BCUT2D eigenvalue weighted by atomic mass is 9.86. The summed E-state index contributed by atoms with van der Waals surface area (Å²) in [5, 5.41) is 6.81. The highest BCUT2D eigenvalue weighted by molar-refractivity contribution is 6.34. The van der Waals surface area contributed by atoms with Crippen molar-refractivity contribution in [2.45, 2.75) is 25.1 Å². The third kappa shape index (κ3) is 4.71. The van der Waals surface area contributed by atoms with Gasteiger partial charge in [0, 0.05) is 39.5 Å². The summed E-state index contributed by atoms with van der Waals surface area (Å²) in [7, 11) is 0. The molecule has 3 aromatic rings. The predicted octanol–water partition coefficient (Wildman–Crippen LogP) is 7.18. The minimum atomic E-state index is -4.81. The molecular formula is C23H15Cl3F3N3O2. The van der Waals surface area contributed by atoms with Gasteiger partial charge in [0.15, 0.2) is 0 Å². The van der Waals surface area contributed by atoms with Crippen LogP contribution < -0.4 is 5.32 Å². The van der Waals surface area contributed by atoms with Crippen molar-refractivity contribution < 1.29 is 22.8 Å². The molecule has 0 bridgehead atoms. The van der Waals surface area contributed by atoms with Gasteiger partial charge in [-0.3, -0.25) is 4.79 Å². The lowest BCUT2D eigenvalue weighted by Crippen LogP contribution is -2.42. The second-order valence-electron chi connectivity index (χ2n) is 7.64. The van der Waals surface area contributed by atoms with E-state index in [1.165, 1.54) is 30.5 Å². The van der Waals surface area contributed by atoms with Gasteiger partial charge in [-0.05, 0) is 48.9 Å². The molecule has 4 rings (SSSR count). The van der Waals surface area contributed by atoms with E-state index in [9.17, 15) is 18.0 Å². The molecule has 11 heteroatoms. The van der Waals surface area contributed by atoms with E-state index in [-0.39, 0.29) is 32.0 Å². The fraction of sp³-hybridized carbons (Fsp3) is 0.174. The van der Waals surface area contributed by atoms with Gasteiger partial charge in [-0.2, -0.15) is 13.2 Å². The van der Waals surface area contributed by atoms with Gasteiger partial charge >= 0.3 is 6.18 Å². The van der Waals surface area contributed by atoms with Crippen molar-refractivity contribution in [1.82, 2.24) is 4.98 Å². The van der Waals surface area contributed by atoms with Crippen molar-refractivity contribution in [1.29, 1.82) is 0 Å². The van der Waals surface area contributed by atoms with E-state index in [0.717, 1.165) is 12.1 Å². The van der Waals surface area contributed by atoms with Crippen molar-refractivity contribution in [3.8, 4) is 0 Å². The lowest BCUT2D eigenvalue weighted by molar-refractivity contribution is -0.275. The van der Waals surface area contributed by atoms with Crippen LogP contribution in [0.5, 0.6) is 0 Å². The Morgan fingerprint density at radius 1 is 1.06 bits per heavy atom. The second-order valence-corrected chi connectivity index (χ2v) is 8.90. The molecule has 0 saturated heterocycles. The highest BCUT2D eigenvalue weighted by Crippen LogP contribution is 2.49. The molecule has 1 N–H and O–H groups in total. The third-order valence-corrected chi connectivity index (χ3v) is 5.98. The van der Waals surface area contributed by atoms with Crippen LogP contribution in [-0.2, 0) is 10.4 Å². The molecule has 5 nitrogen and oxygen atoms in total. The molecule has 1 unspecified atom stereocenters. The summed E-state index contributed by atoms with van der Waals surface area (Å²) in [6, 6.07) is 11.4. The first kappa shape index (κ1) is 24.3. The maximum absolute atomic E-state index is 14.2. The normalized spacial score (nSPS) is 17.8. The van der Waals surface area contributed by atoms with E-state index >= 15 is 0 Å². The molecule has 2 aromatic carbocycles. The minimum absolute atomic E-state index is 0.0419. The van der Waals surface area contributed by atoms with Crippen molar-refractivity contribution in [3.63, 3.8) is 0 Å². The molecule has 1 amide bonds. The van der Waals surface area contributed by atoms with Crippen LogP contribution >= 0.6 is 34.8 Å². The molecule has 1 aromatic heterocycles. The van der Waals surface area contributed by atoms with E-state index in [2.05, 4.69) is 15.5 Å². The largest absolute Gasteiger partial charge is 0.435 e. The Bertz CT molecular complexity index is 1280. The average molecular weight is 529 g/mol.